The van der Waals surface area contributed by atoms with Crippen LogP contribution in [0.25, 0.3) is 0 Å². The van der Waals surface area contributed by atoms with Gasteiger partial charge in [0.2, 0.25) is 0 Å². The SMILES string of the molecule is CCCCCCCCCCCCCCCCCCCN(CCCCCCCCCCCCCCCCCCC)C(C)CC(=O)[O-].[Na+]. The zero-order valence-electron chi connectivity index (χ0n) is 32.5. The fourth-order valence-corrected chi connectivity index (χ4v) is 7.00. The normalized spacial score (nSPS) is 12.1. The number of hydrogen-bond donors (Lipinski definition) is 0. The largest absolute Gasteiger partial charge is 1.00 e. The molecule has 0 aromatic carbocycles. The third-order valence-corrected chi connectivity index (χ3v) is 10.2. The second-order valence-corrected chi connectivity index (χ2v) is 14.8. The molecule has 0 N–H and O–H groups in total. The number of unbranched alkanes of at least 4 members (excludes halogenated alkanes) is 32. The fraction of sp³-hybridized carbons (Fsp3) is 0.976. The second kappa shape index (κ2) is 41.6. The number of hydrogen-bond acceptors (Lipinski definition) is 3. The predicted octanol–water partition coefficient (Wildman–Crippen LogP) is 10.1. The smallest absolute Gasteiger partial charge is 0.550 e. The van der Waals surface area contributed by atoms with Gasteiger partial charge in [-0.25, -0.2) is 0 Å². The van der Waals surface area contributed by atoms with Gasteiger partial charge in [-0.1, -0.05) is 219 Å². The third-order valence-electron chi connectivity index (χ3n) is 10.2. The molecule has 0 fully saturated rings. The summed E-state index contributed by atoms with van der Waals surface area (Å²) in [5, 5.41) is 11.2. The van der Waals surface area contributed by atoms with Crippen molar-refractivity contribution in [3.05, 3.63) is 0 Å². The predicted molar refractivity (Wildman–Crippen MR) is 199 cm³/mol. The van der Waals surface area contributed by atoms with Crippen molar-refractivity contribution >= 4 is 5.97 Å². The van der Waals surface area contributed by atoms with Crippen LogP contribution in [0.4, 0.5) is 0 Å². The quantitative estimate of drug-likeness (QED) is 0.0488. The first kappa shape index (κ1) is 48.5. The Bertz CT molecular complexity index is 534. The summed E-state index contributed by atoms with van der Waals surface area (Å²) in [6, 6.07) is 0.0946. The molecule has 3 nitrogen and oxygen atoms in total. The summed E-state index contributed by atoms with van der Waals surface area (Å²) in [5.74, 6) is -0.905. The van der Waals surface area contributed by atoms with E-state index in [1.807, 2.05) is 0 Å². The summed E-state index contributed by atoms with van der Waals surface area (Å²) in [4.78, 5) is 13.7. The molecule has 0 radical (unpaired) electrons. The molecule has 0 aliphatic carbocycles. The molecule has 0 aliphatic heterocycles. The van der Waals surface area contributed by atoms with E-state index in [0.29, 0.717) is 0 Å². The molecule has 0 saturated heterocycles. The number of carbonyl (C=O) groups excluding carboxylic acids is 1. The van der Waals surface area contributed by atoms with Crippen molar-refractivity contribution in [3.63, 3.8) is 0 Å². The van der Waals surface area contributed by atoms with Gasteiger partial charge in [-0.15, -0.1) is 0 Å². The molecule has 0 spiro atoms. The van der Waals surface area contributed by atoms with E-state index >= 15 is 0 Å². The average Bonchev–Trinajstić information content (AvgIpc) is 3.02. The van der Waals surface area contributed by atoms with Crippen molar-refractivity contribution in [1.82, 2.24) is 4.90 Å². The number of rotatable bonds is 39. The number of carboxylic acids is 1. The van der Waals surface area contributed by atoms with E-state index in [1.54, 1.807) is 0 Å². The van der Waals surface area contributed by atoms with Crippen molar-refractivity contribution in [2.24, 2.45) is 0 Å². The maximum Gasteiger partial charge on any atom is 1.00 e. The Hall–Kier alpha value is 0.430. The Morgan fingerprint density at radius 3 is 0.804 bits per heavy atom. The summed E-state index contributed by atoms with van der Waals surface area (Å²) in [7, 11) is 0. The minimum absolute atomic E-state index is 0. The number of carboxylic acid groups (broad SMARTS) is 1. The summed E-state index contributed by atoms with van der Waals surface area (Å²) >= 11 is 0. The molecule has 1 unspecified atom stereocenters. The van der Waals surface area contributed by atoms with Gasteiger partial charge in [0.05, 0.1) is 0 Å². The van der Waals surface area contributed by atoms with E-state index in [1.165, 1.54) is 218 Å². The van der Waals surface area contributed by atoms with Gasteiger partial charge in [0.25, 0.3) is 0 Å². The van der Waals surface area contributed by atoms with E-state index in [2.05, 4.69) is 25.7 Å². The maximum atomic E-state index is 11.2. The molecular formula is C42H84NNaO2. The standard InChI is InChI=1S/C42H85NO2.Na/c1-4-6-8-10-12-14-16-18-20-22-24-26-28-30-32-34-36-38-43(41(3)40-42(44)45)39-37-35-33-31-29-27-25-23-21-19-17-15-13-11-9-7-5-2;/h41H,4-40H2,1-3H3,(H,44,45);/q;+1/p-1. The first-order chi connectivity index (χ1) is 22.1. The Morgan fingerprint density at radius 1 is 0.413 bits per heavy atom. The van der Waals surface area contributed by atoms with E-state index in [4.69, 9.17) is 0 Å². The molecule has 0 bridgehead atoms. The van der Waals surface area contributed by atoms with Crippen LogP contribution in [-0.4, -0.2) is 30.0 Å². The Morgan fingerprint density at radius 2 is 0.609 bits per heavy atom. The van der Waals surface area contributed by atoms with Crippen LogP contribution in [0.2, 0.25) is 0 Å². The Balaban J connectivity index is 0. The topological polar surface area (TPSA) is 43.4 Å². The molecule has 0 amide bonds. The molecule has 0 heterocycles. The van der Waals surface area contributed by atoms with Gasteiger partial charge in [-0.05, 0) is 32.9 Å². The van der Waals surface area contributed by atoms with E-state index in [9.17, 15) is 9.90 Å². The van der Waals surface area contributed by atoms with Gasteiger partial charge in [0, 0.05) is 18.4 Å². The second-order valence-electron chi connectivity index (χ2n) is 14.8. The molecule has 0 aromatic heterocycles. The van der Waals surface area contributed by atoms with Crippen molar-refractivity contribution in [2.75, 3.05) is 13.1 Å². The van der Waals surface area contributed by atoms with Crippen LogP contribution >= 0.6 is 0 Å². The minimum Gasteiger partial charge on any atom is -0.550 e. The molecule has 4 heteroatoms. The van der Waals surface area contributed by atoms with Crippen LogP contribution in [0.1, 0.15) is 245 Å². The average molecular weight is 658 g/mol. The zero-order valence-corrected chi connectivity index (χ0v) is 34.5. The molecule has 0 aliphatic rings. The first-order valence-electron chi connectivity index (χ1n) is 21.1. The van der Waals surface area contributed by atoms with E-state index in [0.717, 1.165) is 13.1 Å². The van der Waals surface area contributed by atoms with Crippen LogP contribution in [0.3, 0.4) is 0 Å². The van der Waals surface area contributed by atoms with Crippen LogP contribution in [0.15, 0.2) is 0 Å². The minimum atomic E-state index is -0.905. The molecule has 0 saturated carbocycles. The number of carbonyl (C=O) groups is 1. The van der Waals surface area contributed by atoms with Gasteiger partial charge in [-0.2, -0.15) is 0 Å². The van der Waals surface area contributed by atoms with Crippen molar-refractivity contribution in [2.45, 2.75) is 252 Å². The maximum absolute atomic E-state index is 11.2. The Kier molecular flexibility index (Phi) is 43.9. The van der Waals surface area contributed by atoms with Gasteiger partial charge in [-0.3, -0.25) is 0 Å². The van der Waals surface area contributed by atoms with Crippen LogP contribution in [-0.2, 0) is 4.79 Å². The monoisotopic (exact) mass is 658 g/mol. The van der Waals surface area contributed by atoms with Crippen molar-refractivity contribution in [1.29, 1.82) is 0 Å². The van der Waals surface area contributed by atoms with Crippen molar-refractivity contribution in [3.8, 4) is 0 Å². The summed E-state index contributed by atoms with van der Waals surface area (Å²) in [6.07, 6.45) is 47.6. The Labute approximate surface area is 313 Å². The molecular weight excluding hydrogens is 573 g/mol. The van der Waals surface area contributed by atoms with E-state index in [-0.39, 0.29) is 42.0 Å². The first-order valence-corrected chi connectivity index (χ1v) is 21.1. The van der Waals surface area contributed by atoms with Crippen molar-refractivity contribution < 1.29 is 39.5 Å². The summed E-state index contributed by atoms with van der Waals surface area (Å²) in [5.41, 5.74) is 0. The number of aliphatic carboxylic acids is 1. The third kappa shape index (κ3) is 38.9. The molecule has 1 atom stereocenters. The van der Waals surface area contributed by atoms with Gasteiger partial charge >= 0.3 is 29.6 Å². The summed E-state index contributed by atoms with van der Waals surface area (Å²) < 4.78 is 0. The molecule has 46 heavy (non-hydrogen) atoms. The van der Waals surface area contributed by atoms with Crippen LogP contribution in [0, 0.1) is 0 Å². The van der Waals surface area contributed by atoms with Crippen LogP contribution < -0.4 is 34.7 Å². The zero-order chi connectivity index (χ0) is 32.9. The summed E-state index contributed by atoms with van der Waals surface area (Å²) in [6.45, 7) is 8.76. The molecule has 0 aromatic rings. The van der Waals surface area contributed by atoms with E-state index < -0.39 is 5.97 Å². The fourth-order valence-electron chi connectivity index (χ4n) is 7.00. The molecule has 270 valence electrons. The van der Waals surface area contributed by atoms with Crippen LogP contribution in [0.5, 0.6) is 0 Å². The van der Waals surface area contributed by atoms with Gasteiger partial charge in [0.15, 0.2) is 0 Å². The van der Waals surface area contributed by atoms with Gasteiger partial charge in [0.1, 0.15) is 0 Å². The van der Waals surface area contributed by atoms with Gasteiger partial charge < -0.3 is 14.8 Å². The number of nitrogens with zero attached hydrogens (tertiary/aromatic N) is 1. The molecule has 0 rings (SSSR count).